The van der Waals surface area contributed by atoms with Crippen molar-refractivity contribution in [1.82, 2.24) is 9.78 Å². The van der Waals surface area contributed by atoms with Crippen molar-refractivity contribution >= 4 is 16.6 Å². The molecule has 112 valence electrons. The van der Waals surface area contributed by atoms with Gasteiger partial charge < -0.3 is 5.11 Å². The summed E-state index contributed by atoms with van der Waals surface area (Å²) >= 11 is 0. The van der Waals surface area contributed by atoms with Crippen LogP contribution < -0.4 is 0 Å². The molecule has 0 saturated carbocycles. The van der Waals surface area contributed by atoms with Crippen LogP contribution in [0.4, 0.5) is 10.1 Å². The third-order valence-corrected chi connectivity index (χ3v) is 3.53. The fourth-order valence-corrected chi connectivity index (χ4v) is 2.42. The molecule has 0 aliphatic carbocycles. The highest BCUT2D eigenvalue weighted by Crippen LogP contribution is 2.31. The molecule has 1 heterocycles. The molecule has 2 aromatic carbocycles. The summed E-state index contributed by atoms with van der Waals surface area (Å²) in [6, 6.07) is 8.77. The van der Waals surface area contributed by atoms with Crippen LogP contribution >= 0.6 is 0 Å². The number of aromatic nitrogens is 2. The van der Waals surface area contributed by atoms with Crippen molar-refractivity contribution in [2.75, 3.05) is 0 Å². The summed E-state index contributed by atoms with van der Waals surface area (Å²) in [5, 5.41) is 25.1. The number of nitro groups is 1. The number of halogens is 1. The lowest BCUT2D eigenvalue weighted by atomic mass is 10.0. The molecule has 6 nitrogen and oxygen atoms in total. The summed E-state index contributed by atoms with van der Waals surface area (Å²) in [7, 11) is 1.73. The Kier molecular flexibility index (Phi) is 3.34. The summed E-state index contributed by atoms with van der Waals surface area (Å²) in [4.78, 5) is 10.5. The van der Waals surface area contributed by atoms with Crippen LogP contribution in [0, 0.1) is 15.9 Å². The maximum absolute atomic E-state index is 13.5. The molecule has 1 aromatic heterocycles. The van der Waals surface area contributed by atoms with Gasteiger partial charge in [0.2, 0.25) is 0 Å². The lowest BCUT2D eigenvalue weighted by Crippen LogP contribution is -1.92. The number of aliphatic hydroxyl groups is 1. The minimum atomic E-state index is -0.502. The van der Waals surface area contributed by atoms with E-state index < -0.39 is 17.3 Å². The lowest BCUT2D eigenvalue weighted by molar-refractivity contribution is -0.384. The SMILES string of the molecule is Cn1nc(-c2ccc(F)c(CO)c2)c2cc([N+](=O)[O-])ccc21. The summed E-state index contributed by atoms with van der Waals surface area (Å²) in [6.45, 7) is -0.426. The summed E-state index contributed by atoms with van der Waals surface area (Å²) in [6.07, 6.45) is 0. The Balaban J connectivity index is 2.26. The van der Waals surface area contributed by atoms with Crippen LogP contribution in [0.15, 0.2) is 36.4 Å². The molecule has 0 unspecified atom stereocenters. The molecule has 7 heteroatoms. The zero-order chi connectivity index (χ0) is 15.9. The van der Waals surface area contributed by atoms with Crippen LogP contribution in [-0.4, -0.2) is 19.8 Å². The molecule has 0 bridgehead atoms. The number of nitrogens with zero attached hydrogens (tertiary/aromatic N) is 3. The first-order valence-corrected chi connectivity index (χ1v) is 6.52. The third kappa shape index (κ3) is 2.21. The lowest BCUT2D eigenvalue weighted by Gasteiger charge is -2.03. The van der Waals surface area contributed by atoms with Gasteiger partial charge in [0.15, 0.2) is 0 Å². The molecule has 22 heavy (non-hydrogen) atoms. The molecule has 0 amide bonds. The normalized spacial score (nSPS) is 11.0. The first kappa shape index (κ1) is 14.2. The van der Waals surface area contributed by atoms with Gasteiger partial charge in [0.1, 0.15) is 11.5 Å². The van der Waals surface area contributed by atoms with E-state index in [2.05, 4.69) is 5.10 Å². The fraction of sp³-hybridized carbons (Fsp3) is 0.133. The zero-order valence-corrected chi connectivity index (χ0v) is 11.7. The van der Waals surface area contributed by atoms with Crippen LogP contribution in [0.25, 0.3) is 22.2 Å². The maximum Gasteiger partial charge on any atom is 0.270 e. The molecule has 1 N–H and O–H groups in total. The van der Waals surface area contributed by atoms with Crippen molar-refractivity contribution < 1.29 is 14.4 Å². The minimum Gasteiger partial charge on any atom is -0.392 e. The first-order chi connectivity index (χ1) is 10.5. The topological polar surface area (TPSA) is 81.2 Å². The van der Waals surface area contributed by atoms with Crippen molar-refractivity contribution in [3.63, 3.8) is 0 Å². The minimum absolute atomic E-state index is 0.0359. The molecular formula is C15H12FN3O3. The Hall–Kier alpha value is -2.80. The number of aliphatic hydroxyl groups excluding tert-OH is 1. The Morgan fingerprint density at radius 3 is 2.77 bits per heavy atom. The van der Waals surface area contributed by atoms with Crippen molar-refractivity contribution in [3.05, 3.63) is 57.9 Å². The number of hydrogen-bond donors (Lipinski definition) is 1. The summed E-state index contributed by atoms with van der Waals surface area (Å²) in [5.41, 5.74) is 1.95. The monoisotopic (exact) mass is 301 g/mol. The second kappa shape index (κ2) is 5.19. The first-order valence-electron chi connectivity index (χ1n) is 6.52. The van der Waals surface area contributed by atoms with Crippen LogP contribution in [0.1, 0.15) is 5.56 Å². The Bertz CT molecular complexity index is 889. The van der Waals surface area contributed by atoms with Crippen LogP contribution in [-0.2, 0) is 13.7 Å². The van der Waals surface area contributed by atoms with Gasteiger partial charge in [0.25, 0.3) is 5.69 Å². The van der Waals surface area contributed by atoms with E-state index in [0.29, 0.717) is 16.6 Å². The van der Waals surface area contributed by atoms with E-state index in [4.69, 9.17) is 0 Å². The van der Waals surface area contributed by atoms with Gasteiger partial charge in [-0.05, 0) is 24.3 Å². The molecule has 3 aromatic rings. The quantitative estimate of drug-likeness (QED) is 0.596. The van der Waals surface area contributed by atoms with Gasteiger partial charge >= 0.3 is 0 Å². The van der Waals surface area contributed by atoms with Gasteiger partial charge in [-0.3, -0.25) is 14.8 Å². The molecule has 3 rings (SSSR count). The van der Waals surface area contributed by atoms with E-state index in [-0.39, 0.29) is 11.3 Å². The Labute approximate surface area is 124 Å². The second-order valence-corrected chi connectivity index (χ2v) is 4.90. The van der Waals surface area contributed by atoms with E-state index >= 15 is 0 Å². The molecule has 0 aliphatic rings. The highest BCUT2D eigenvalue weighted by atomic mass is 19.1. The zero-order valence-electron chi connectivity index (χ0n) is 11.7. The van der Waals surface area contributed by atoms with E-state index in [1.54, 1.807) is 17.8 Å². The third-order valence-electron chi connectivity index (χ3n) is 3.53. The van der Waals surface area contributed by atoms with Gasteiger partial charge in [-0.2, -0.15) is 5.10 Å². The molecule has 0 atom stereocenters. The number of non-ortho nitro benzene ring substituents is 1. The van der Waals surface area contributed by atoms with Crippen molar-refractivity contribution in [1.29, 1.82) is 0 Å². The average molecular weight is 301 g/mol. The number of aryl methyl sites for hydroxylation is 1. The number of nitro benzene ring substituents is 1. The number of benzene rings is 2. The van der Waals surface area contributed by atoms with Gasteiger partial charge in [-0.25, -0.2) is 4.39 Å². The second-order valence-electron chi connectivity index (χ2n) is 4.90. The summed E-state index contributed by atoms with van der Waals surface area (Å²) < 4.78 is 15.1. The number of fused-ring (bicyclic) bond motifs is 1. The standard InChI is InChI=1S/C15H12FN3O3/c1-18-14-5-3-11(19(21)22)7-12(14)15(17-18)9-2-4-13(16)10(6-9)8-20/h2-7,20H,8H2,1H3. The predicted molar refractivity (Wildman–Crippen MR) is 78.7 cm³/mol. The van der Waals surface area contributed by atoms with Crippen molar-refractivity contribution in [2.45, 2.75) is 6.61 Å². The van der Waals surface area contributed by atoms with Crippen LogP contribution in [0.2, 0.25) is 0 Å². The van der Waals surface area contributed by atoms with Gasteiger partial charge in [-0.1, -0.05) is 0 Å². The smallest absolute Gasteiger partial charge is 0.270 e. The highest BCUT2D eigenvalue weighted by Gasteiger charge is 2.16. The molecule has 0 fully saturated rings. The Morgan fingerprint density at radius 2 is 2.09 bits per heavy atom. The average Bonchev–Trinajstić information content (AvgIpc) is 2.84. The molecule has 0 saturated heterocycles. The van der Waals surface area contributed by atoms with Crippen LogP contribution in [0.3, 0.4) is 0 Å². The van der Waals surface area contributed by atoms with Gasteiger partial charge in [0, 0.05) is 35.7 Å². The van der Waals surface area contributed by atoms with Gasteiger partial charge in [-0.15, -0.1) is 0 Å². The summed E-state index contributed by atoms with van der Waals surface area (Å²) in [5.74, 6) is -0.502. The largest absolute Gasteiger partial charge is 0.392 e. The van der Waals surface area contributed by atoms with E-state index in [0.717, 1.165) is 5.52 Å². The van der Waals surface area contributed by atoms with E-state index in [1.807, 2.05) is 0 Å². The predicted octanol–water partition coefficient (Wildman–Crippen LogP) is 2.78. The van der Waals surface area contributed by atoms with Gasteiger partial charge in [0.05, 0.1) is 17.0 Å². The maximum atomic E-state index is 13.5. The Morgan fingerprint density at radius 1 is 1.32 bits per heavy atom. The van der Waals surface area contributed by atoms with Crippen LogP contribution in [0.5, 0.6) is 0 Å². The fourth-order valence-electron chi connectivity index (χ4n) is 2.42. The molecule has 0 spiro atoms. The highest BCUT2D eigenvalue weighted by molar-refractivity contribution is 5.94. The molecule has 0 radical (unpaired) electrons. The number of hydrogen-bond acceptors (Lipinski definition) is 4. The molecule has 0 aliphatic heterocycles. The van der Waals surface area contributed by atoms with Crippen molar-refractivity contribution in [3.8, 4) is 11.3 Å². The van der Waals surface area contributed by atoms with Crippen molar-refractivity contribution in [2.24, 2.45) is 7.05 Å². The molecular weight excluding hydrogens is 289 g/mol. The van der Waals surface area contributed by atoms with E-state index in [1.165, 1.54) is 30.3 Å². The number of rotatable bonds is 3. The van der Waals surface area contributed by atoms with E-state index in [9.17, 15) is 19.6 Å².